The van der Waals surface area contributed by atoms with Gasteiger partial charge in [0, 0.05) is 21.1 Å². The molecule has 0 saturated carbocycles. The van der Waals surface area contributed by atoms with Crippen LogP contribution in [0.15, 0.2) is 170 Å². The van der Waals surface area contributed by atoms with Gasteiger partial charge in [0.15, 0.2) is 8.07 Å². The molecule has 0 radical (unpaired) electrons. The number of rotatable bonds is 7. The van der Waals surface area contributed by atoms with E-state index in [0.29, 0.717) is 5.82 Å². The molecule has 0 fully saturated rings. The van der Waals surface area contributed by atoms with Gasteiger partial charge in [0.25, 0.3) is 0 Å². The van der Waals surface area contributed by atoms with E-state index in [1.54, 1.807) is 18.3 Å². The summed E-state index contributed by atoms with van der Waals surface area (Å²) in [6.45, 7) is 1.99. The Labute approximate surface area is 303 Å². The van der Waals surface area contributed by atoms with Gasteiger partial charge in [0.1, 0.15) is 5.82 Å². The molecule has 0 saturated heterocycles. The van der Waals surface area contributed by atoms with Crippen molar-refractivity contribution in [2.24, 2.45) is 0 Å². The molecule has 2 aromatic heterocycles. The molecular weight excluding hydrogens is 641 g/mol. The summed E-state index contributed by atoms with van der Waals surface area (Å²) >= 11 is 0. The zero-order valence-electron chi connectivity index (χ0n) is 31.4. The Balaban J connectivity index is 1.33. The lowest BCUT2D eigenvalue weighted by molar-refractivity contribution is 0.113. The first-order valence-electron chi connectivity index (χ1n) is 18.8. The lowest BCUT2D eigenvalue weighted by Gasteiger charge is -2.35. The van der Waals surface area contributed by atoms with E-state index in [1.807, 2.05) is 34.4 Å². The molecule has 3 heterocycles. The summed E-state index contributed by atoms with van der Waals surface area (Å²) in [5, 5.41) is 10.9. The van der Waals surface area contributed by atoms with E-state index in [9.17, 15) is 0 Å². The fourth-order valence-corrected chi connectivity index (χ4v) is 12.6. The van der Waals surface area contributed by atoms with E-state index in [-0.39, 0.29) is 11.6 Å². The van der Waals surface area contributed by atoms with Crippen molar-refractivity contribution in [1.82, 2.24) is 9.55 Å². The summed E-state index contributed by atoms with van der Waals surface area (Å²) in [5.74, 6) is 0.570. The maximum Gasteiger partial charge on any atom is 0.179 e. The number of nitrogens with zero attached hydrogens (tertiary/aromatic N) is 4. The Bertz CT molecular complexity index is 2600. The lowest BCUT2D eigenvalue weighted by atomic mass is 10.1. The first kappa shape index (κ1) is 27.8. The van der Waals surface area contributed by atoms with Crippen molar-refractivity contribution in [3.05, 3.63) is 176 Å². The molecule has 9 rings (SSSR count). The Morgan fingerprint density at radius 1 is 0.588 bits per heavy atom. The van der Waals surface area contributed by atoms with Crippen molar-refractivity contribution in [3.63, 3.8) is 0 Å². The van der Waals surface area contributed by atoms with Gasteiger partial charge in [-0.15, -0.1) is 4.94 Å². The SMILES string of the molecule is [2H]C([2H])([2H])c1ccnc(-n2c3ccccc3c3ccc([Si](c4ccccc4)(c4ccccc4)c4cccc(N5ON(C(C)C)c6ccccc65)c4)cc32)c1. The van der Waals surface area contributed by atoms with Crippen molar-refractivity contribution in [1.29, 1.82) is 0 Å². The number of para-hydroxylation sites is 3. The van der Waals surface area contributed by atoms with Crippen LogP contribution in [0.3, 0.4) is 0 Å². The largest absolute Gasteiger partial charge is 0.294 e. The van der Waals surface area contributed by atoms with Crippen LogP contribution in [0.5, 0.6) is 0 Å². The average molecular weight is 682 g/mol. The van der Waals surface area contributed by atoms with Crippen molar-refractivity contribution in [2.75, 3.05) is 10.1 Å². The highest BCUT2D eigenvalue weighted by atomic mass is 28.3. The van der Waals surface area contributed by atoms with Crippen LogP contribution in [0.25, 0.3) is 27.6 Å². The quantitative estimate of drug-likeness (QED) is 0.126. The van der Waals surface area contributed by atoms with Crippen molar-refractivity contribution < 1.29 is 9.05 Å². The summed E-state index contributed by atoms with van der Waals surface area (Å²) in [4.78, 5) is 11.3. The zero-order chi connectivity index (χ0) is 37.0. The third-order valence-electron chi connectivity index (χ3n) is 9.99. The van der Waals surface area contributed by atoms with Crippen molar-refractivity contribution in [3.8, 4) is 5.82 Å². The second-order valence-electron chi connectivity index (χ2n) is 13.3. The molecule has 0 unspecified atom stereocenters. The molecule has 8 aromatic rings. The molecule has 0 amide bonds. The van der Waals surface area contributed by atoms with Gasteiger partial charge in [-0.25, -0.2) is 10.0 Å². The Hall–Kier alpha value is -5.95. The molecule has 51 heavy (non-hydrogen) atoms. The summed E-state index contributed by atoms with van der Waals surface area (Å²) in [6, 6.07) is 57.3. The summed E-state index contributed by atoms with van der Waals surface area (Å²) < 4.78 is 26.6. The summed E-state index contributed by atoms with van der Waals surface area (Å²) in [5.41, 5.74) is 5.15. The fourth-order valence-electron chi connectivity index (χ4n) is 7.79. The Kier molecular flexibility index (Phi) is 6.78. The molecule has 0 aliphatic carbocycles. The monoisotopic (exact) mass is 681 g/mol. The van der Waals surface area contributed by atoms with E-state index in [4.69, 9.17) is 14.0 Å². The maximum absolute atomic E-state index is 8.16. The van der Waals surface area contributed by atoms with Gasteiger partial charge < -0.3 is 0 Å². The summed E-state index contributed by atoms with van der Waals surface area (Å²) in [7, 11) is -3.06. The minimum absolute atomic E-state index is 0.134. The number of hydrogen-bond donors (Lipinski definition) is 0. The van der Waals surface area contributed by atoms with Crippen molar-refractivity contribution >= 4 is 67.7 Å². The minimum atomic E-state index is -3.06. The number of aryl methyl sites for hydroxylation is 1. The predicted octanol–water partition coefficient (Wildman–Crippen LogP) is 8.08. The number of hydrogen-bond acceptors (Lipinski definition) is 4. The van der Waals surface area contributed by atoms with E-state index in [2.05, 4.69) is 146 Å². The van der Waals surface area contributed by atoms with Gasteiger partial charge in [-0.05, 0) is 95.5 Å². The second-order valence-corrected chi connectivity index (χ2v) is 17.1. The molecule has 248 valence electrons. The zero-order valence-corrected chi connectivity index (χ0v) is 29.4. The first-order valence-corrected chi connectivity index (χ1v) is 19.3. The van der Waals surface area contributed by atoms with Crippen LogP contribution in [0, 0.1) is 6.85 Å². The molecular formula is C45H38N4OSi. The number of anilines is 3. The highest BCUT2D eigenvalue weighted by Gasteiger charge is 2.42. The minimum Gasteiger partial charge on any atom is -0.294 e. The van der Waals surface area contributed by atoms with Crippen LogP contribution in [-0.2, 0) is 4.94 Å². The normalized spacial score (nSPS) is 14.1. The Morgan fingerprint density at radius 3 is 1.98 bits per heavy atom. The number of hydroxylamine groups is 1. The molecule has 0 spiro atoms. The maximum atomic E-state index is 8.16. The number of aromatic nitrogens is 2. The highest BCUT2D eigenvalue weighted by molar-refractivity contribution is 7.20. The predicted molar refractivity (Wildman–Crippen MR) is 214 cm³/mol. The smallest absolute Gasteiger partial charge is 0.179 e. The van der Waals surface area contributed by atoms with Gasteiger partial charge in [-0.1, -0.05) is 115 Å². The van der Waals surface area contributed by atoms with Crippen LogP contribution in [0.1, 0.15) is 23.5 Å². The number of benzene rings is 6. The lowest BCUT2D eigenvalue weighted by Crippen LogP contribution is -2.74. The Morgan fingerprint density at radius 2 is 1.24 bits per heavy atom. The summed E-state index contributed by atoms with van der Waals surface area (Å²) in [6.07, 6.45) is 1.60. The molecule has 6 heteroatoms. The topological polar surface area (TPSA) is 33.5 Å². The average Bonchev–Trinajstić information content (AvgIpc) is 3.76. The molecule has 0 bridgehead atoms. The van der Waals surface area contributed by atoms with Crippen LogP contribution in [0.2, 0.25) is 0 Å². The fraction of sp³-hybridized carbons (Fsp3) is 0.0889. The third-order valence-corrected chi connectivity index (χ3v) is 14.7. The van der Waals surface area contributed by atoms with E-state index in [1.165, 1.54) is 20.7 Å². The van der Waals surface area contributed by atoms with Gasteiger partial charge in [0.05, 0.1) is 34.1 Å². The highest BCUT2D eigenvalue weighted by Crippen LogP contribution is 2.42. The number of fused-ring (bicyclic) bond motifs is 4. The molecule has 0 atom stereocenters. The van der Waals surface area contributed by atoms with Gasteiger partial charge >= 0.3 is 0 Å². The van der Waals surface area contributed by atoms with E-state index >= 15 is 0 Å². The van der Waals surface area contributed by atoms with Crippen LogP contribution in [0.4, 0.5) is 17.1 Å². The molecule has 1 aliphatic heterocycles. The van der Waals surface area contributed by atoms with E-state index < -0.39 is 14.9 Å². The standard InChI is InChI=1S/C45H38N4OSi/c1-32(2)48-42-23-12-13-24-43(42)49(50-48)34-15-14-20-37(30-34)51(35-16-6-4-7-17-35,36-18-8-5-9-19-36)38-25-26-40-39-21-10-11-22-41(39)47(44(40)31-38)45-29-33(3)27-28-46-45/h4-32H,1-3H3/i3D3. The van der Waals surface area contributed by atoms with Gasteiger partial charge in [-0.3, -0.25) is 4.57 Å². The van der Waals surface area contributed by atoms with E-state index in [0.717, 1.165) is 38.9 Å². The second kappa shape index (κ2) is 12.4. The third kappa shape index (κ3) is 4.98. The molecule has 6 aromatic carbocycles. The van der Waals surface area contributed by atoms with Crippen LogP contribution in [-0.4, -0.2) is 23.7 Å². The molecule has 0 N–H and O–H groups in total. The molecule has 5 nitrogen and oxygen atoms in total. The number of pyridine rings is 1. The van der Waals surface area contributed by atoms with Crippen molar-refractivity contribution in [2.45, 2.75) is 26.7 Å². The van der Waals surface area contributed by atoms with Crippen LogP contribution >= 0.6 is 0 Å². The van der Waals surface area contributed by atoms with Gasteiger partial charge in [-0.2, -0.15) is 5.06 Å². The van der Waals surface area contributed by atoms with Gasteiger partial charge in [0.2, 0.25) is 0 Å². The van der Waals surface area contributed by atoms with Crippen LogP contribution < -0.4 is 30.9 Å². The first-order chi connectivity index (χ1) is 26.2. The molecule has 1 aliphatic rings.